The number of hydrogen-bond donors (Lipinski definition) is 2. The number of methoxy groups -OCH3 is 3. The van der Waals surface area contributed by atoms with Crippen LogP contribution in [0.4, 0.5) is 5.69 Å². The maximum atomic E-state index is 12.6. The van der Waals surface area contributed by atoms with Crippen molar-refractivity contribution in [3.63, 3.8) is 0 Å². The van der Waals surface area contributed by atoms with Crippen molar-refractivity contribution < 1.29 is 27.4 Å². The van der Waals surface area contributed by atoms with E-state index in [2.05, 4.69) is 10.0 Å². The van der Waals surface area contributed by atoms with Gasteiger partial charge in [0.25, 0.3) is 5.91 Å². The zero-order chi connectivity index (χ0) is 20.2. The zero-order valence-corrected chi connectivity index (χ0v) is 16.7. The predicted octanol–water partition coefficient (Wildman–Crippen LogP) is 2.53. The molecule has 0 atom stereocenters. The second kappa shape index (κ2) is 8.47. The molecule has 0 bridgehead atoms. The van der Waals surface area contributed by atoms with Gasteiger partial charge in [-0.15, -0.1) is 0 Å². The molecule has 0 unspecified atom stereocenters. The number of anilines is 1. The molecule has 1 amide bonds. The summed E-state index contributed by atoms with van der Waals surface area (Å²) in [7, 11) is 1.92. The molecule has 0 saturated heterocycles. The van der Waals surface area contributed by atoms with Gasteiger partial charge in [-0.05, 0) is 25.2 Å². The maximum Gasteiger partial charge on any atom is 0.257 e. The lowest BCUT2D eigenvalue weighted by molar-refractivity contribution is 0.102. The summed E-state index contributed by atoms with van der Waals surface area (Å²) in [6.07, 6.45) is 0. The van der Waals surface area contributed by atoms with Crippen molar-refractivity contribution in [2.75, 3.05) is 33.7 Å². The van der Waals surface area contributed by atoms with Gasteiger partial charge >= 0.3 is 0 Å². The molecule has 0 aliphatic carbocycles. The van der Waals surface area contributed by atoms with Gasteiger partial charge in [0.1, 0.15) is 0 Å². The molecule has 8 nitrogen and oxygen atoms in total. The fraction of sp³-hybridized carbons (Fsp3) is 0.235. The first-order valence-corrected chi connectivity index (χ1v) is 9.48. The van der Waals surface area contributed by atoms with Crippen molar-refractivity contribution in [1.29, 1.82) is 0 Å². The summed E-state index contributed by atoms with van der Waals surface area (Å²) in [4.78, 5) is 12.6. The van der Waals surface area contributed by atoms with Crippen LogP contribution in [0.1, 0.15) is 10.4 Å². The fourth-order valence-electron chi connectivity index (χ4n) is 2.32. The first kappa shape index (κ1) is 20.8. The Kier molecular flexibility index (Phi) is 6.53. The molecule has 2 aromatic carbocycles. The van der Waals surface area contributed by atoms with Crippen LogP contribution in [-0.2, 0) is 10.0 Å². The predicted molar refractivity (Wildman–Crippen MR) is 102 cm³/mol. The highest BCUT2D eigenvalue weighted by molar-refractivity contribution is 7.89. The van der Waals surface area contributed by atoms with Gasteiger partial charge in [0, 0.05) is 17.8 Å². The molecule has 2 aromatic rings. The number of nitrogens with one attached hydrogen (secondary N) is 2. The average Bonchev–Trinajstić information content (AvgIpc) is 2.67. The summed E-state index contributed by atoms with van der Waals surface area (Å²) >= 11 is 6.07. The molecule has 0 heterocycles. The van der Waals surface area contributed by atoms with Gasteiger partial charge in [-0.2, -0.15) is 0 Å². The van der Waals surface area contributed by atoms with E-state index in [-0.39, 0.29) is 15.5 Å². The van der Waals surface area contributed by atoms with E-state index >= 15 is 0 Å². The number of carbonyl (C=O) groups excluding carboxylic acids is 1. The average molecular weight is 415 g/mol. The van der Waals surface area contributed by atoms with E-state index < -0.39 is 15.9 Å². The van der Waals surface area contributed by atoms with E-state index in [1.807, 2.05) is 0 Å². The number of ether oxygens (including phenoxy) is 3. The van der Waals surface area contributed by atoms with Crippen LogP contribution in [0.3, 0.4) is 0 Å². The van der Waals surface area contributed by atoms with E-state index in [0.29, 0.717) is 22.9 Å². The Morgan fingerprint density at radius 2 is 1.59 bits per heavy atom. The monoisotopic (exact) mass is 414 g/mol. The molecule has 2 N–H and O–H groups in total. The Bertz CT molecular complexity index is 937. The number of amides is 1. The second-order valence-corrected chi connectivity index (χ2v) is 7.51. The van der Waals surface area contributed by atoms with Crippen molar-refractivity contribution in [3.8, 4) is 17.2 Å². The van der Waals surface area contributed by atoms with E-state index in [1.165, 1.54) is 46.6 Å². The number of benzene rings is 2. The summed E-state index contributed by atoms with van der Waals surface area (Å²) in [5.41, 5.74) is 0.356. The Balaban J connectivity index is 2.42. The van der Waals surface area contributed by atoms with Gasteiger partial charge in [0.2, 0.25) is 15.8 Å². The molecule has 27 heavy (non-hydrogen) atoms. The van der Waals surface area contributed by atoms with Crippen LogP contribution in [0.5, 0.6) is 17.2 Å². The number of halogens is 1. The molecule has 0 aliphatic heterocycles. The molecule has 2 rings (SSSR count). The lowest BCUT2D eigenvalue weighted by atomic mass is 10.2. The molecule has 0 radical (unpaired) electrons. The van der Waals surface area contributed by atoms with Crippen molar-refractivity contribution in [3.05, 3.63) is 40.9 Å². The minimum atomic E-state index is -3.72. The van der Waals surface area contributed by atoms with Crippen molar-refractivity contribution in [2.45, 2.75) is 4.90 Å². The van der Waals surface area contributed by atoms with Gasteiger partial charge in [0.05, 0.1) is 36.8 Å². The largest absolute Gasteiger partial charge is 0.493 e. The first-order valence-electron chi connectivity index (χ1n) is 7.61. The number of hydrogen-bond acceptors (Lipinski definition) is 6. The lowest BCUT2D eigenvalue weighted by Crippen LogP contribution is -2.20. The summed E-state index contributed by atoms with van der Waals surface area (Å²) < 4.78 is 41.8. The van der Waals surface area contributed by atoms with Crippen molar-refractivity contribution >= 4 is 33.2 Å². The third-order valence-electron chi connectivity index (χ3n) is 3.68. The Hall–Kier alpha value is -2.49. The number of sulfonamides is 1. The molecule has 10 heteroatoms. The molecule has 0 aliphatic rings. The van der Waals surface area contributed by atoms with Gasteiger partial charge in [-0.1, -0.05) is 11.6 Å². The van der Waals surface area contributed by atoms with E-state index in [9.17, 15) is 13.2 Å². The first-order chi connectivity index (χ1) is 12.8. The molecule has 146 valence electrons. The molecule has 0 saturated carbocycles. The summed E-state index contributed by atoms with van der Waals surface area (Å²) in [6.45, 7) is 0. The van der Waals surface area contributed by atoms with Crippen LogP contribution in [0, 0.1) is 0 Å². The molecular weight excluding hydrogens is 396 g/mol. The van der Waals surface area contributed by atoms with Crippen LogP contribution in [0.15, 0.2) is 35.2 Å². The lowest BCUT2D eigenvalue weighted by Gasteiger charge is -2.15. The number of carbonyl (C=O) groups is 1. The van der Waals surface area contributed by atoms with Gasteiger partial charge in [0.15, 0.2) is 11.5 Å². The Morgan fingerprint density at radius 3 is 2.07 bits per heavy atom. The third kappa shape index (κ3) is 4.44. The van der Waals surface area contributed by atoms with E-state index in [0.717, 1.165) is 0 Å². The van der Waals surface area contributed by atoms with Crippen LogP contribution in [-0.4, -0.2) is 42.7 Å². The summed E-state index contributed by atoms with van der Waals surface area (Å²) in [5.74, 6) is 0.482. The van der Waals surface area contributed by atoms with Crippen LogP contribution < -0.4 is 24.2 Å². The molecule has 0 fully saturated rings. The minimum absolute atomic E-state index is 0.00161. The van der Waals surface area contributed by atoms with E-state index in [4.69, 9.17) is 25.8 Å². The van der Waals surface area contributed by atoms with Crippen molar-refractivity contribution in [2.24, 2.45) is 0 Å². The number of rotatable bonds is 7. The highest BCUT2D eigenvalue weighted by Crippen LogP contribution is 2.40. The second-order valence-electron chi connectivity index (χ2n) is 5.22. The van der Waals surface area contributed by atoms with Crippen LogP contribution >= 0.6 is 11.6 Å². The standard InChI is InChI=1S/C17H19ClN2O6S/c1-19-27(22,23)11-5-6-13(18)12(9-11)17(21)20-10-7-14(24-2)16(26-4)15(8-10)25-3/h5-9,19H,1-4H3,(H,20,21). The topological polar surface area (TPSA) is 103 Å². The highest BCUT2D eigenvalue weighted by Gasteiger charge is 2.19. The summed E-state index contributed by atoms with van der Waals surface area (Å²) in [6, 6.07) is 6.93. The van der Waals surface area contributed by atoms with Gasteiger partial charge in [-0.25, -0.2) is 13.1 Å². The quantitative estimate of drug-likeness (QED) is 0.721. The molecular formula is C17H19ClN2O6S. The van der Waals surface area contributed by atoms with Crippen LogP contribution in [0.2, 0.25) is 5.02 Å². The molecule has 0 aromatic heterocycles. The fourth-order valence-corrected chi connectivity index (χ4v) is 3.27. The molecule has 0 spiro atoms. The van der Waals surface area contributed by atoms with Crippen LogP contribution in [0.25, 0.3) is 0 Å². The maximum absolute atomic E-state index is 12.6. The van der Waals surface area contributed by atoms with Gasteiger partial charge in [-0.3, -0.25) is 4.79 Å². The van der Waals surface area contributed by atoms with Crippen molar-refractivity contribution in [1.82, 2.24) is 4.72 Å². The zero-order valence-electron chi connectivity index (χ0n) is 15.1. The minimum Gasteiger partial charge on any atom is -0.493 e. The van der Waals surface area contributed by atoms with E-state index in [1.54, 1.807) is 12.1 Å². The summed E-state index contributed by atoms with van der Waals surface area (Å²) in [5, 5.41) is 2.75. The Morgan fingerprint density at radius 1 is 1.00 bits per heavy atom. The SMILES string of the molecule is CNS(=O)(=O)c1ccc(Cl)c(C(=O)Nc2cc(OC)c(OC)c(OC)c2)c1. The smallest absolute Gasteiger partial charge is 0.257 e. The normalized spacial score (nSPS) is 11.0. The van der Waals surface area contributed by atoms with Gasteiger partial charge < -0.3 is 19.5 Å². The third-order valence-corrected chi connectivity index (χ3v) is 5.43. The Labute approximate surface area is 162 Å². The highest BCUT2D eigenvalue weighted by atomic mass is 35.5.